The predicted octanol–water partition coefficient (Wildman–Crippen LogP) is 3.57. The summed E-state index contributed by atoms with van der Waals surface area (Å²) >= 11 is 5.88. The van der Waals surface area contributed by atoms with Crippen LogP contribution in [0.5, 0.6) is 0 Å². The van der Waals surface area contributed by atoms with Gasteiger partial charge in [-0.15, -0.1) is 0 Å². The number of H-pyrrole nitrogens is 1. The number of carbonyl (C=O) groups is 1. The number of guanidine groups is 1. The highest BCUT2D eigenvalue weighted by atomic mass is 35.5. The fraction of sp³-hybridized carbons (Fsp3) is 0.0500. The molecule has 0 aliphatic carbocycles. The first-order chi connectivity index (χ1) is 13.5. The molecule has 6 nitrogen and oxygen atoms in total. The van der Waals surface area contributed by atoms with Gasteiger partial charge in [0.05, 0.1) is 6.54 Å². The van der Waals surface area contributed by atoms with E-state index in [2.05, 4.69) is 20.6 Å². The van der Waals surface area contributed by atoms with E-state index in [1.807, 2.05) is 12.1 Å². The summed E-state index contributed by atoms with van der Waals surface area (Å²) in [6.45, 7) is 0.264. The Balaban J connectivity index is 1.81. The molecular weight excluding hydrogens is 383 g/mol. The normalized spacial score (nSPS) is 11.1. The highest BCUT2D eigenvalue weighted by molar-refractivity contribution is 6.30. The monoisotopic (exact) mass is 398 g/mol. The second-order valence-electron chi connectivity index (χ2n) is 5.81. The van der Waals surface area contributed by atoms with Gasteiger partial charge in [0.2, 0.25) is 11.5 Å². The lowest BCUT2D eigenvalue weighted by Gasteiger charge is -2.12. The van der Waals surface area contributed by atoms with E-state index >= 15 is 0 Å². The molecule has 0 fully saturated rings. The first kappa shape index (κ1) is 19.3. The number of rotatable bonds is 4. The topological polar surface area (TPSA) is 86.3 Å². The lowest BCUT2D eigenvalue weighted by molar-refractivity contribution is 0.0977. The Morgan fingerprint density at radius 2 is 1.75 bits per heavy atom. The van der Waals surface area contributed by atoms with Gasteiger partial charge in [-0.3, -0.25) is 14.9 Å². The van der Waals surface area contributed by atoms with Crippen molar-refractivity contribution in [2.24, 2.45) is 4.99 Å². The van der Waals surface area contributed by atoms with Gasteiger partial charge in [0.25, 0.3) is 5.91 Å². The molecular formula is C20H16ClFN4O2. The molecule has 3 N–H and O–H groups in total. The van der Waals surface area contributed by atoms with Crippen LogP contribution in [0.3, 0.4) is 0 Å². The van der Waals surface area contributed by atoms with Crippen LogP contribution in [0.2, 0.25) is 5.02 Å². The second kappa shape index (κ2) is 8.96. The maximum Gasteiger partial charge on any atom is 0.257 e. The maximum atomic E-state index is 13.1. The lowest BCUT2D eigenvalue weighted by atomic mass is 10.2. The molecule has 0 radical (unpaired) electrons. The molecule has 0 saturated carbocycles. The number of benzene rings is 2. The minimum atomic E-state index is -0.472. The van der Waals surface area contributed by atoms with E-state index in [0.717, 1.165) is 5.56 Å². The molecule has 1 aromatic heterocycles. The van der Waals surface area contributed by atoms with Crippen molar-refractivity contribution in [3.63, 3.8) is 0 Å². The zero-order chi connectivity index (χ0) is 19.9. The molecule has 3 aromatic rings. The van der Waals surface area contributed by atoms with Crippen molar-refractivity contribution in [1.82, 2.24) is 10.3 Å². The molecule has 2 aromatic carbocycles. The van der Waals surface area contributed by atoms with Crippen molar-refractivity contribution in [3.05, 3.63) is 99.1 Å². The third kappa shape index (κ3) is 5.52. The maximum absolute atomic E-state index is 13.1. The van der Waals surface area contributed by atoms with Gasteiger partial charge in [-0.1, -0.05) is 29.8 Å². The second-order valence-corrected chi connectivity index (χ2v) is 6.24. The molecule has 0 saturated heterocycles. The number of aromatic nitrogens is 1. The van der Waals surface area contributed by atoms with Gasteiger partial charge in [0.1, 0.15) is 11.6 Å². The van der Waals surface area contributed by atoms with Gasteiger partial charge in [0, 0.05) is 16.7 Å². The van der Waals surface area contributed by atoms with Crippen molar-refractivity contribution in [2.45, 2.75) is 6.54 Å². The highest BCUT2D eigenvalue weighted by Crippen LogP contribution is 2.10. The van der Waals surface area contributed by atoms with Crippen LogP contribution in [0.25, 0.3) is 0 Å². The zero-order valence-electron chi connectivity index (χ0n) is 14.6. The Kier molecular flexibility index (Phi) is 6.18. The van der Waals surface area contributed by atoms with E-state index in [4.69, 9.17) is 11.6 Å². The average molecular weight is 399 g/mol. The van der Waals surface area contributed by atoms with Crippen LogP contribution in [0.4, 0.5) is 10.2 Å². The number of nitrogens with one attached hydrogen (secondary N) is 3. The molecule has 0 unspecified atom stereocenters. The summed E-state index contributed by atoms with van der Waals surface area (Å²) in [4.78, 5) is 30.9. The third-order valence-corrected chi connectivity index (χ3v) is 3.94. The first-order valence-electron chi connectivity index (χ1n) is 8.32. The van der Waals surface area contributed by atoms with Gasteiger partial charge in [-0.25, -0.2) is 9.38 Å². The largest absolute Gasteiger partial charge is 0.312 e. The van der Waals surface area contributed by atoms with Crippen LogP contribution in [0, 0.1) is 5.82 Å². The fourth-order valence-electron chi connectivity index (χ4n) is 2.30. The van der Waals surface area contributed by atoms with Crippen molar-refractivity contribution >= 4 is 29.3 Å². The van der Waals surface area contributed by atoms with E-state index < -0.39 is 11.7 Å². The molecule has 0 spiro atoms. The van der Waals surface area contributed by atoms with Crippen LogP contribution in [-0.4, -0.2) is 16.9 Å². The number of hydrogen-bond acceptors (Lipinski definition) is 3. The number of halogens is 2. The summed E-state index contributed by atoms with van der Waals surface area (Å²) in [5, 5.41) is 6.12. The van der Waals surface area contributed by atoms with Crippen LogP contribution in [-0.2, 0) is 6.54 Å². The third-order valence-electron chi connectivity index (χ3n) is 3.69. The Morgan fingerprint density at radius 1 is 1.04 bits per heavy atom. The molecule has 0 bridgehead atoms. The standard InChI is InChI=1S/C20H16ClFN4O2/c21-15-8-4-13(5-9-15)12-23-20(25-17-2-1-3-18(27)24-17)26-19(28)14-6-10-16(22)11-7-14/h1-11H,12H2,(H3,23,24,25,26,27,28). The van der Waals surface area contributed by atoms with Crippen LogP contribution in [0.1, 0.15) is 15.9 Å². The Morgan fingerprint density at radius 3 is 2.43 bits per heavy atom. The van der Waals surface area contributed by atoms with Crippen LogP contribution >= 0.6 is 11.6 Å². The zero-order valence-corrected chi connectivity index (χ0v) is 15.3. The summed E-state index contributed by atoms with van der Waals surface area (Å²) in [6, 6.07) is 16.8. The van der Waals surface area contributed by atoms with E-state index in [1.165, 1.54) is 30.3 Å². The van der Waals surface area contributed by atoms with Gasteiger partial charge < -0.3 is 10.3 Å². The molecule has 142 valence electrons. The fourth-order valence-corrected chi connectivity index (χ4v) is 2.43. The number of hydrogen-bond donors (Lipinski definition) is 3. The Hall–Kier alpha value is -3.45. The molecule has 1 heterocycles. The van der Waals surface area contributed by atoms with Crippen molar-refractivity contribution in [1.29, 1.82) is 0 Å². The summed E-state index contributed by atoms with van der Waals surface area (Å²) in [5.41, 5.74) is 0.845. The highest BCUT2D eigenvalue weighted by Gasteiger charge is 2.10. The molecule has 0 aliphatic rings. The van der Waals surface area contributed by atoms with Crippen LogP contribution < -0.4 is 16.2 Å². The van der Waals surface area contributed by atoms with Crippen molar-refractivity contribution in [3.8, 4) is 0 Å². The molecule has 0 aliphatic heterocycles. The van der Waals surface area contributed by atoms with Gasteiger partial charge in [-0.2, -0.15) is 0 Å². The lowest BCUT2D eigenvalue weighted by Crippen LogP contribution is -2.36. The SMILES string of the molecule is O=C(NC(=NCc1ccc(Cl)cc1)Nc1cccc(=O)[nH]1)c1ccc(F)cc1. The van der Waals surface area contributed by atoms with E-state index in [-0.39, 0.29) is 23.6 Å². The number of nitrogens with zero attached hydrogens (tertiary/aromatic N) is 1. The number of anilines is 1. The smallest absolute Gasteiger partial charge is 0.257 e. The quantitative estimate of drug-likeness (QED) is 0.464. The minimum Gasteiger partial charge on any atom is -0.312 e. The number of amides is 1. The van der Waals surface area contributed by atoms with E-state index in [9.17, 15) is 14.0 Å². The van der Waals surface area contributed by atoms with Gasteiger partial charge >= 0.3 is 0 Å². The summed E-state index contributed by atoms with van der Waals surface area (Å²) in [7, 11) is 0. The Labute approximate surface area is 165 Å². The summed E-state index contributed by atoms with van der Waals surface area (Å²) in [5.74, 6) is -0.415. The summed E-state index contributed by atoms with van der Waals surface area (Å²) < 4.78 is 13.1. The number of pyridine rings is 1. The number of aliphatic imine (C=N–C) groups is 1. The van der Waals surface area contributed by atoms with E-state index in [1.54, 1.807) is 24.3 Å². The molecule has 28 heavy (non-hydrogen) atoms. The minimum absolute atomic E-state index is 0.131. The van der Waals surface area contributed by atoms with Crippen molar-refractivity contribution in [2.75, 3.05) is 5.32 Å². The van der Waals surface area contributed by atoms with Gasteiger partial charge in [0.15, 0.2) is 0 Å². The number of carbonyl (C=O) groups excluding carboxylic acids is 1. The molecule has 0 atom stereocenters. The molecule has 8 heteroatoms. The predicted molar refractivity (Wildman–Crippen MR) is 107 cm³/mol. The average Bonchev–Trinajstić information content (AvgIpc) is 2.68. The first-order valence-corrected chi connectivity index (χ1v) is 8.69. The molecule has 3 rings (SSSR count). The molecule has 1 amide bonds. The number of aromatic amines is 1. The van der Waals surface area contributed by atoms with E-state index in [0.29, 0.717) is 10.8 Å². The summed E-state index contributed by atoms with van der Waals surface area (Å²) in [6.07, 6.45) is 0. The van der Waals surface area contributed by atoms with Gasteiger partial charge in [-0.05, 0) is 48.0 Å². The van der Waals surface area contributed by atoms with Crippen LogP contribution in [0.15, 0.2) is 76.5 Å². The van der Waals surface area contributed by atoms with Crippen molar-refractivity contribution < 1.29 is 9.18 Å². The Bertz CT molecular complexity index is 1050.